The number of anilines is 2. The van der Waals surface area contributed by atoms with Gasteiger partial charge in [-0.1, -0.05) is 18.2 Å². The van der Waals surface area contributed by atoms with Gasteiger partial charge in [-0.3, -0.25) is 9.10 Å². The lowest BCUT2D eigenvalue weighted by molar-refractivity contribution is 0.102. The van der Waals surface area contributed by atoms with Crippen LogP contribution in [0, 0.1) is 0 Å². The van der Waals surface area contributed by atoms with E-state index < -0.39 is 10.0 Å². The van der Waals surface area contributed by atoms with Crippen molar-refractivity contribution >= 4 is 27.3 Å². The fourth-order valence-electron chi connectivity index (χ4n) is 4.33. The lowest BCUT2D eigenvalue weighted by Gasteiger charge is -2.31. The Kier molecular flexibility index (Phi) is 8.23. The number of nitrogens with one attached hydrogen (secondary N) is 1. The smallest absolute Gasteiger partial charge is 0.264 e. The maximum atomic E-state index is 13.3. The Morgan fingerprint density at radius 1 is 0.892 bits per heavy atom. The molecule has 0 radical (unpaired) electrons. The molecule has 0 spiro atoms. The number of carbonyl (C=O) groups is 1. The number of nitrogens with zero attached hydrogens (tertiary/aromatic N) is 1. The fraction of sp³-hybridized carbons (Fsp3) is 0.321. The van der Waals surface area contributed by atoms with Gasteiger partial charge in [0.2, 0.25) is 5.75 Å². The molecule has 0 aliphatic carbocycles. The molecule has 0 atom stereocenters. The van der Waals surface area contributed by atoms with Crippen LogP contribution in [0.4, 0.5) is 11.4 Å². The van der Waals surface area contributed by atoms with Crippen LogP contribution in [0.3, 0.4) is 0 Å². The molecule has 0 aromatic heterocycles. The number of ether oxygens (including phenoxy) is 3. The standard InChI is InChI=1S/C28H32N2O6S/c1-4-34-25-18-21(19-26(35-5-2)27(25)36-6-3)28(31)29-22-14-15-24-20(17-22)11-10-16-30(24)37(32,33)23-12-8-7-9-13-23/h7-9,12-15,17-19H,4-6,10-11,16H2,1-3H3,(H,29,31). The topological polar surface area (TPSA) is 94.2 Å². The minimum absolute atomic E-state index is 0.255. The van der Waals surface area contributed by atoms with Crippen molar-refractivity contribution < 1.29 is 27.4 Å². The summed E-state index contributed by atoms with van der Waals surface area (Å²) < 4.78 is 45.1. The van der Waals surface area contributed by atoms with Gasteiger partial charge in [-0.05, 0) is 81.6 Å². The van der Waals surface area contributed by atoms with Gasteiger partial charge in [0.05, 0.1) is 30.4 Å². The van der Waals surface area contributed by atoms with E-state index in [2.05, 4.69) is 5.32 Å². The van der Waals surface area contributed by atoms with Crippen LogP contribution in [-0.2, 0) is 16.4 Å². The van der Waals surface area contributed by atoms with Crippen LogP contribution in [0.1, 0.15) is 43.1 Å². The minimum Gasteiger partial charge on any atom is -0.490 e. The van der Waals surface area contributed by atoms with Gasteiger partial charge in [-0.25, -0.2) is 8.42 Å². The molecular weight excluding hydrogens is 492 g/mol. The molecule has 8 nitrogen and oxygen atoms in total. The fourth-order valence-corrected chi connectivity index (χ4v) is 5.89. The van der Waals surface area contributed by atoms with Gasteiger partial charge >= 0.3 is 0 Å². The van der Waals surface area contributed by atoms with E-state index in [1.807, 2.05) is 26.8 Å². The first-order valence-corrected chi connectivity index (χ1v) is 13.9. The van der Waals surface area contributed by atoms with E-state index in [1.165, 1.54) is 4.31 Å². The zero-order chi connectivity index (χ0) is 26.4. The Labute approximate surface area is 218 Å². The van der Waals surface area contributed by atoms with Gasteiger partial charge in [0.15, 0.2) is 11.5 Å². The highest BCUT2D eigenvalue weighted by atomic mass is 32.2. The number of hydrogen-bond acceptors (Lipinski definition) is 6. The number of benzene rings is 3. The Morgan fingerprint density at radius 3 is 2.16 bits per heavy atom. The lowest BCUT2D eigenvalue weighted by atomic mass is 10.0. The summed E-state index contributed by atoms with van der Waals surface area (Å²) >= 11 is 0. The molecule has 1 aliphatic heterocycles. The number of carbonyl (C=O) groups excluding carboxylic acids is 1. The summed E-state index contributed by atoms with van der Waals surface area (Å²) in [4.78, 5) is 13.5. The van der Waals surface area contributed by atoms with Crippen LogP contribution < -0.4 is 23.8 Å². The average Bonchev–Trinajstić information content (AvgIpc) is 2.90. The third-order valence-electron chi connectivity index (χ3n) is 5.92. The van der Waals surface area contributed by atoms with E-state index in [-0.39, 0.29) is 10.8 Å². The summed E-state index contributed by atoms with van der Waals surface area (Å²) in [5, 5.41) is 2.92. The maximum Gasteiger partial charge on any atom is 0.264 e. The molecule has 0 fully saturated rings. The van der Waals surface area contributed by atoms with Gasteiger partial charge in [0.25, 0.3) is 15.9 Å². The second kappa shape index (κ2) is 11.6. The molecule has 0 saturated heterocycles. The molecule has 1 N–H and O–H groups in total. The second-order valence-electron chi connectivity index (χ2n) is 8.39. The molecule has 1 heterocycles. The molecule has 0 bridgehead atoms. The number of amides is 1. The van der Waals surface area contributed by atoms with Crippen molar-refractivity contribution in [3.63, 3.8) is 0 Å². The molecule has 4 rings (SSSR count). The molecule has 37 heavy (non-hydrogen) atoms. The molecule has 3 aromatic carbocycles. The normalized spacial score (nSPS) is 13.0. The van der Waals surface area contributed by atoms with Gasteiger partial charge < -0.3 is 19.5 Å². The van der Waals surface area contributed by atoms with E-state index in [4.69, 9.17) is 14.2 Å². The van der Waals surface area contributed by atoms with Crippen LogP contribution in [0.2, 0.25) is 0 Å². The highest BCUT2D eigenvalue weighted by Gasteiger charge is 2.29. The number of sulfonamides is 1. The second-order valence-corrected chi connectivity index (χ2v) is 10.3. The van der Waals surface area contributed by atoms with Gasteiger partial charge in [-0.15, -0.1) is 0 Å². The van der Waals surface area contributed by atoms with E-state index in [9.17, 15) is 13.2 Å². The Hall–Kier alpha value is -3.72. The van der Waals surface area contributed by atoms with Crippen LogP contribution in [0.15, 0.2) is 65.6 Å². The van der Waals surface area contributed by atoms with Crippen molar-refractivity contribution in [1.82, 2.24) is 0 Å². The zero-order valence-electron chi connectivity index (χ0n) is 21.3. The summed E-state index contributed by atoms with van der Waals surface area (Å²) in [6.45, 7) is 7.23. The number of rotatable bonds is 10. The van der Waals surface area contributed by atoms with Gasteiger partial charge in [0, 0.05) is 17.8 Å². The SMILES string of the molecule is CCOc1cc(C(=O)Nc2ccc3c(c2)CCCN3S(=O)(=O)c2ccccc2)cc(OCC)c1OCC. The number of hydrogen-bond donors (Lipinski definition) is 1. The van der Waals surface area contributed by atoms with Crippen molar-refractivity contribution in [2.24, 2.45) is 0 Å². The average molecular weight is 525 g/mol. The van der Waals surface area contributed by atoms with E-state index in [0.717, 1.165) is 5.56 Å². The summed E-state index contributed by atoms with van der Waals surface area (Å²) in [5.41, 5.74) is 2.43. The zero-order valence-corrected chi connectivity index (χ0v) is 22.1. The van der Waals surface area contributed by atoms with Crippen LogP contribution in [0.25, 0.3) is 0 Å². The van der Waals surface area contributed by atoms with E-state index in [1.54, 1.807) is 54.6 Å². The summed E-state index contributed by atoms with van der Waals surface area (Å²) in [6, 6.07) is 17.0. The van der Waals surface area contributed by atoms with Crippen LogP contribution in [-0.4, -0.2) is 40.7 Å². The van der Waals surface area contributed by atoms with Crippen molar-refractivity contribution in [1.29, 1.82) is 0 Å². The number of fused-ring (bicyclic) bond motifs is 1. The van der Waals surface area contributed by atoms with E-state index in [0.29, 0.717) is 73.4 Å². The third-order valence-corrected chi connectivity index (χ3v) is 7.74. The van der Waals surface area contributed by atoms with Crippen molar-refractivity contribution in [3.8, 4) is 17.2 Å². The number of aryl methyl sites for hydroxylation is 1. The third kappa shape index (κ3) is 5.67. The molecule has 0 unspecified atom stereocenters. The summed E-state index contributed by atoms with van der Waals surface area (Å²) in [7, 11) is -3.68. The van der Waals surface area contributed by atoms with E-state index >= 15 is 0 Å². The van der Waals surface area contributed by atoms with Gasteiger partial charge in [-0.2, -0.15) is 0 Å². The Bertz CT molecular complexity index is 1330. The Morgan fingerprint density at radius 2 is 1.54 bits per heavy atom. The monoisotopic (exact) mass is 524 g/mol. The first-order chi connectivity index (χ1) is 17.9. The molecule has 196 valence electrons. The Balaban J connectivity index is 1.61. The molecule has 3 aromatic rings. The van der Waals surface area contributed by atoms with Crippen molar-refractivity contribution in [3.05, 3.63) is 71.8 Å². The molecule has 9 heteroatoms. The maximum absolute atomic E-state index is 13.3. The molecule has 1 amide bonds. The van der Waals surface area contributed by atoms with Crippen molar-refractivity contribution in [2.45, 2.75) is 38.5 Å². The lowest BCUT2D eigenvalue weighted by Crippen LogP contribution is -2.35. The molecular formula is C28H32N2O6S. The predicted molar refractivity (Wildman–Crippen MR) is 144 cm³/mol. The predicted octanol–water partition coefficient (Wildman–Crippen LogP) is 5.28. The molecule has 1 aliphatic rings. The summed E-state index contributed by atoms with van der Waals surface area (Å²) in [6.07, 6.45) is 1.40. The first kappa shape index (κ1) is 26.3. The molecule has 0 saturated carbocycles. The van der Waals surface area contributed by atoms with Gasteiger partial charge in [0.1, 0.15) is 0 Å². The highest BCUT2D eigenvalue weighted by molar-refractivity contribution is 7.92. The highest BCUT2D eigenvalue weighted by Crippen LogP contribution is 2.39. The minimum atomic E-state index is -3.68. The summed E-state index contributed by atoms with van der Waals surface area (Å²) in [5.74, 6) is 1.01. The quantitative estimate of drug-likeness (QED) is 0.388. The van der Waals surface area contributed by atoms with Crippen LogP contribution >= 0.6 is 0 Å². The van der Waals surface area contributed by atoms with Crippen molar-refractivity contribution in [2.75, 3.05) is 36.0 Å². The van der Waals surface area contributed by atoms with Crippen LogP contribution in [0.5, 0.6) is 17.2 Å². The first-order valence-electron chi connectivity index (χ1n) is 12.5. The largest absolute Gasteiger partial charge is 0.490 e.